The lowest BCUT2D eigenvalue weighted by molar-refractivity contribution is -0.124. The lowest BCUT2D eigenvalue weighted by Crippen LogP contribution is -2.50. The van der Waals surface area contributed by atoms with Crippen molar-refractivity contribution in [3.05, 3.63) is 34.4 Å². The molecule has 0 saturated carbocycles. The minimum atomic E-state index is -3.49. The number of carbonyl (C=O) groups excluding carboxylic acids is 2. The monoisotopic (exact) mass is 586 g/mol. The van der Waals surface area contributed by atoms with Crippen molar-refractivity contribution in [1.29, 1.82) is 0 Å². The highest BCUT2D eigenvalue weighted by Gasteiger charge is 2.47. The number of hydrogen-bond donors (Lipinski definition) is 1. The van der Waals surface area contributed by atoms with Gasteiger partial charge in [0.25, 0.3) is 11.8 Å². The molecule has 3 heterocycles. The Morgan fingerprint density at radius 2 is 1.51 bits per heavy atom. The van der Waals surface area contributed by atoms with E-state index in [-0.39, 0.29) is 17.6 Å². The first-order chi connectivity index (χ1) is 19.6. The van der Waals surface area contributed by atoms with Crippen LogP contribution in [0.25, 0.3) is 0 Å². The number of benzene rings is 1. The van der Waals surface area contributed by atoms with Crippen molar-refractivity contribution in [2.45, 2.75) is 116 Å². The molecule has 0 atom stereocenters. The van der Waals surface area contributed by atoms with Gasteiger partial charge in [-0.15, -0.1) is 0 Å². The van der Waals surface area contributed by atoms with Crippen molar-refractivity contribution in [3.63, 3.8) is 0 Å². The first-order valence-electron chi connectivity index (χ1n) is 15.9. The topological polar surface area (TPSA) is 99.2 Å². The Labute approximate surface area is 247 Å². The van der Waals surface area contributed by atoms with Gasteiger partial charge in [0, 0.05) is 38.2 Å². The van der Waals surface area contributed by atoms with Gasteiger partial charge in [-0.25, -0.2) is 12.7 Å². The Kier molecular flexibility index (Phi) is 11.0. The van der Waals surface area contributed by atoms with E-state index < -0.39 is 15.6 Å². The summed E-state index contributed by atoms with van der Waals surface area (Å²) < 4.78 is 28.2. The number of sulfonamides is 1. The Morgan fingerprint density at radius 1 is 0.902 bits per heavy atom. The molecule has 2 saturated heterocycles. The lowest BCUT2D eigenvalue weighted by atomic mass is 9.89. The molecule has 3 aliphatic rings. The fourth-order valence-electron chi connectivity index (χ4n) is 6.58. The predicted octanol–water partition coefficient (Wildman–Crippen LogP) is 5.31. The molecule has 8 nitrogen and oxygen atoms in total. The number of carbonyl (C=O) groups is 2. The highest BCUT2D eigenvalue weighted by molar-refractivity contribution is 7.89. The number of nitrogens with one attached hydrogen (secondary N) is 1. The molecule has 1 N–H and O–H groups in total. The maximum absolute atomic E-state index is 13.3. The van der Waals surface area contributed by atoms with Gasteiger partial charge >= 0.3 is 0 Å². The second-order valence-electron chi connectivity index (χ2n) is 12.3. The van der Waals surface area contributed by atoms with Crippen LogP contribution < -0.4 is 5.32 Å². The van der Waals surface area contributed by atoms with Gasteiger partial charge in [-0.05, 0) is 87.6 Å². The van der Waals surface area contributed by atoms with Crippen LogP contribution in [-0.2, 0) is 21.2 Å². The maximum Gasteiger partial charge on any atom is 0.253 e. The zero-order chi connectivity index (χ0) is 29.5. The molecular formula is C32H50N4O4S. The van der Waals surface area contributed by atoms with E-state index in [0.717, 1.165) is 67.7 Å². The number of aliphatic imine (C=N–C) groups is 1. The fourth-order valence-corrected chi connectivity index (χ4v) is 8.04. The van der Waals surface area contributed by atoms with E-state index in [1.165, 1.54) is 42.8 Å². The van der Waals surface area contributed by atoms with Crippen molar-refractivity contribution >= 4 is 27.7 Å². The number of hydrogen-bond acceptors (Lipinski definition) is 5. The maximum atomic E-state index is 13.3. The number of likely N-dealkylation sites (tertiary alicyclic amines) is 1. The third kappa shape index (κ3) is 7.98. The van der Waals surface area contributed by atoms with Gasteiger partial charge in [-0.3, -0.25) is 14.6 Å². The van der Waals surface area contributed by atoms with Crippen molar-refractivity contribution in [3.8, 4) is 0 Å². The van der Waals surface area contributed by atoms with Gasteiger partial charge in [0.1, 0.15) is 11.4 Å². The molecule has 0 aliphatic carbocycles. The molecule has 1 aromatic carbocycles. The largest absolute Gasteiger partial charge is 0.339 e. The number of rotatable bonds is 13. The van der Waals surface area contributed by atoms with Crippen LogP contribution in [0.4, 0.5) is 0 Å². The van der Waals surface area contributed by atoms with E-state index in [0.29, 0.717) is 37.9 Å². The summed E-state index contributed by atoms with van der Waals surface area (Å²) in [5, 5.41) is 2.99. The summed E-state index contributed by atoms with van der Waals surface area (Å²) >= 11 is 0. The van der Waals surface area contributed by atoms with Crippen LogP contribution in [0.15, 0.2) is 17.1 Å². The van der Waals surface area contributed by atoms with Crippen molar-refractivity contribution in [2.75, 3.05) is 31.9 Å². The summed E-state index contributed by atoms with van der Waals surface area (Å²) in [6, 6.07) is 3.83. The molecular weight excluding hydrogens is 536 g/mol. The third-order valence-corrected chi connectivity index (χ3v) is 11.1. The molecule has 1 aromatic rings. The highest BCUT2D eigenvalue weighted by atomic mass is 32.2. The Balaban J connectivity index is 1.28. The fraction of sp³-hybridized carbons (Fsp3) is 0.719. The smallest absolute Gasteiger partial charge is 0.253 e. The van der Waals surface area contributed by atoms with E-state index >= 15 is 0 Å². The average molecular weight is 587 g/mol. The van der Waals surface area contributed by atoms with Crippen LogP contribution in [0, 0.1) is 13.8 Å². The summed E-state index contributed by atoms with van der Waals surface area (Å²) in [4.78, 5) is 32.6. The SMILES string of the molecule is CCCCCCCCCC1=NC2(CCN(S(=O)(=O)CCc3c(C)cc(C(=O)N4CCCCC4)cc3C)CC2)C(=O)N1. The molecule has 2 amide bonds. The van der Waals surface area contributed by atoms with E-state index in [4.69, 9.17) is 4.99 Å². The first kappa shape index (κ1) is 31.7. The van der Waals surface area contributed by atoms with Gasteiger partial charge in [0.15, 0.2) is 0 Å². The van der Waals surface area contributed by atoms with Crippen LogP contribution in [0.2, 0.25) is 0 Å². The second-order valence-corrected chi connectivity index (χ2v) is 14.4. The number of amides is 2. The molecule has 4 rings (SSSR count). The van der Waals surface area contributed by atoms with E-state index in [2.05, 4.69) is 12.2 Å². The number of unbranched alkanes of at least 4 members (excludes halogenated alkanes) is 6. The van der Waals surface area contributed by atoms with Crippen LogP contribution in [0.1, 0.15) is 117 Å². The van der Waals surface area contributed by atoms with Crippen molar-refractivity contribution < 1.29 is 18.0 Å². The van der Waals surface area contributed by atoms with Gasteiger partial charge in [0.05, 0.1) is 5.75 Å². The summed E-state index contributed by atoms with van der Waals surface area (Å²) in [6.45, 7) is 8.39. The van der Waals surface area contributed by atoms with Gasteiger partial charge in [-0.2, -0.15) is 0 Å². The zero-order valence-corrected chi connectivity index (χ0v) is 26.3. The Hall–Kier alpha value is -2.26. The minimum Gasteiger partial charge on any atom is -0.339 e. The quantitative estimate of drug-likeness (QED) is 0.317. The number of piperidine rings is 2. The third-order valence-electron chi connectivity index (χ3n) is 9.19. The summed E-state index contributed by atoms with van der Waals surface area (Å²) in [6.07, 6.45) is 13.8. The molecule has 0 radical (unpaired) electrons. The molecule has 228 valence electrons. The lowest BCUT2D eigenvalue weighted by Gasteiger charge is -2.34. The number of aryl methyl sites for hydroxylation is 2. The molecule has 2 fully saturated rings. The van der Waals surface area contributed by atoms with Crippen molar-refractivity contribution in [1.82, 2.24) is 14.5 Å². The average Bonchev–Trinajstić information content (AvgIpc) is 3.26. The van der Waals surface area contributed by atoms with Gasteiger partial charge < -0.3 is 10.2 Å². The van der Waals surface area contributed by atoms with Gasteiger partial charge in [0.2, 0.25) is 10.0 Å². The summed E-state index contributed by atoms with van der Waals surface area (Å²) in [5.74, 6) is 0.785. The minimum absolute atomic E-state index is 0.0140. The van der Waals surface area contributed by atoms with Gasteiger partial charge in [-0.1, -0.05) is 45.4 Å². The Morgan fingerprint density at radius 3 is 2.15 bits per heavy atom. The van der Waals surface area contributed by atoms with Crippen LogP contribution in [0.3, 0.4) is 0 Å². The molecule has 0 unspecified atom stereocenters. The molecule has 1 spiro atoms. The zero-order valence-electron chi connectivity index (χ0n) is 25.5. The normalized spacial score (nSPS) is 19.4. The second kappa shape index (κ2) is 14.3. The van der Waals surface area contributed by atoms with Crippen LogP contribution >= 0.6 is 0 Å². The van der Waals surface area contributed by atoms with Crippen LogP contribution in [-0.4, -0.2) is 72.7 Å². The summed E-state index contributed by atoms with van der Waals surface area (Å²) in [5.41, 5.74) is 2.79. The Bertz CT molecular complexity index is 1190. The first-order valence-corrected chi connectivity index (χ1v) is 17.5. The van der Waals surface area contributed by atoms with Crippen LogP contribution in [0.5, 0.6) is 0 Å². The number of nitrogens with zero attached hydrogens (tertiary/aromatic N) is 3. The van der Waals surface area contributed by atoms with E-state index in [9.17, 15) is 18.0 Å². The molecule has 41 heavy (non-hydrogen) atoms. The molecule has 3 aliphatic heterocycles. The predicted molar refractivity (Wildman–Crippen MR) is 165 cm³/mol. The van der Waals surface area contributed by atoms with E-state index in [1.54, 1.807) is 0 Å². The highest BCUT2D eigenvalue weighted by Crippen LogP contribution is 2.32. The molecule has 9 heteroatoms. The van der Waals surface area contributed by atoms with Crippen molar-refractivity contribution in [2.24, 2.45) is 4.99 Å². The standard InChI is InChI=1S/C32H50N4O4S/c1-4-5-6-7-8-9-11-14-29-33-31(38)32(34-29)16-20-36(21-17-32)41(39,40)22-15-28-25(2)23-27(24-26(28)3)30(37)35-18-12-10-13-19-35/h23-24H,4-22H2,1-3H3,(H,33,34,38). The van der Waals surface area contributed by atoms with E-state index in [1.807, 2.05) is 30.9 Å². The number of amidine groups is 1. The molecule has 0 bridgehead atoms. The summed E-state index contributed by atoms with van der Waals surface area (Å²) in [7, 11) is -3.49. The molecule has 0 aromatic heterocycles.